The highest BCUT2D eigenvalue weighted by Gasteiger charge is 2.08. The van der Waals surface area contributed by atoms with Gasteiger partial charge in [-0.1, -0.05) is 24.3 Å². The second kappa shape index (κ2) is 5.58. The summed E-state index contributed by atoms with van der Waals surface area (Å²) in [6, 6.07) is 16.7. The minimum Gasteiger partial charge on any atom is -0.379 e. The smallest absolute Gasteiger partial charge is 0.0994 e. The number of aryl methyl sites for hydroxylation is 2. The highest BCUT2D eigenvalue weighted by molar-refractivity contribution is 5.53. The molecule has 0 spiro atoms. The van der Waals surface area contributed by atoms with E-state index in [1.807, 2.05) is 25.1 Å². The van der Waals surface area contributed by atoms with Crippen LogP contribution < -0.4 is 5.32 Å². The van der Waals surface area contributed by atoms with Crippen LogP contribution in [0.3, 0.4) is 0 Å². The van der Waals surface area contributed by atoms with Crippen LogP contribution in [0.2, 0.25) is 0 Å². The summed E-state index contributed by atoms with van der Waals surface area (Å²) in [7, 11) is 0. The Morgan fingerprint density at radius 1 is 1.05 bits per heavy atom. The van der Waals surface area contributed by atoms with Crippen molar-refractivity contribution < 1.29 is 0 Å². The van der Waals surface area contributed by atoms with E-state index in [2.05, 4.69) is 49.5 Å². The van der Waals surface area contributed by atoms with Gasteiger partial charge in [0.1, 0.15) is 0 Å². The van der Waals surface area contributed by atoms with Gasteiger partial charge in [-0.15, -0.1) is 0 Å². The zero-order chi connectivity index (χ0) is 13.8. The third-order valence-corrected chi connectivity index (χ3v) is 3.38. The van der Waals surface area contributed by atoms with Gasteiger partial charge in [0.05, 0.1) is 11.6 Å². The van der Waals surface area contributed by atoms with E-state index in [-0.39, 0.29) is 6.04 Å². The number of nitrogens with one attached hydrogen (secondary N) is 1. The second-order valence-electron chi connectivity index (χ2n) is 4.86. The standard InChI is InChI=1S/C17H18N2/c1-12-6-4-5-7-17(12)14(3)19-16-9-8-15(11-18)13(2)10-16/h4-10,14,19H,1-3H3. The van der Waals surface area contributed by atoms with E-state index in [0.29, 0.717) is 0 Å². The Bertz CT molecular complexity index is 623. The molecule has 1 N–H and O–H groups in total. The maximum absolute atomic E-state index is 8.94. The molecule has 96 valence electrons. The molecular formula is C17H18N2. The fraction of sp³-hybridized carbons (Fsp3) is 0.235. The number of hydrogen-bond acceptors (Lipinski definition) is 2. The predicted octanol–water partition coefficient (Wildman–Crippen LogP) is 4.35. The topological polar surface area (TPSA) is 35.8 Å². The van der Waals surface area contributed by atoms with E-state index in [0.717, 1.165) is 16.8 Å². The molecule has 1 unspecified atom stereocenters. The van der Waals surface area contributed by atoms with Crippen LogP contribution in [-0.2, 0) is 0 Å². The number of nitrogens with zero attached hydrogens (tertiary/aromatic N) is 1. The third-order valence-electron chi connectivity index (χ3n) is 3.38. The van der Waals surface area contributed by atoms with E-state index < -0.39 is 0 Å². The first-order chi connectivity index (χ1) is 9.11. The summed E-state index contributed by atoms with van der Waals surface area (Å²) in [5.41, 5.74) is 5.36. The quantitative estimate of drug-likeness (QED) is 0.879. The molecule has 2 rings (SSSR count). The van der Waals surface area contributed by atoms with Crippen molar-refractivity contribution in [2.45, 2.75) is 26.8 Å². The maximum atomic E-state index is 8.94. The lowest BCUT2D eigenvalue weighted by Gasteiger charge is -2.18. The van der Waals surface area contributed by atoms with Crippen molar-refractivity contribution in [2.75, 3.05) is 5.32 Å². The molecule has 0 saturated carbocycles. The molecule has 19 heavy (non-hydrogen) atoms. The Balaban J connectivity index is 2.20. The van der Waals surface area contributed by atoms with Crippen molar-refractivity contribution in [3.63, 3.8) is 0 Å². The lowest BCUT2D eigenvalue weighted by Crippen LogP contribution is -2.08. The lowest BCUT2D eigenvalue weighted by atomic mass is 10.0. The first-order valence-electron chi connectivity index (χ1n) is 6.44. The highest BCUT2D eigenvalue weighted by Crippen LogP contribution is 2.23. The first kappa shape index (κ1) is 13.2. The molecule has 2 heteroatoms. The molecule has 0 fully saturated rings. The van der Waals surface area contributed by atoms with Crippen molar-refractivity contribution in [2.24, 2.45) is 0 Å². The minimum atomic E-state index is 0.244. The summed E-state index contributed by atoms with van der Waals surface area (Å²) in [5.74, 6) is 0. The van der Waals surface area contributed by atoms with Crippen LogP contribution >= 0.6 is 0 Å². The molecule has 2 aromatic rings. The number of nitriles is 1. The number of hydrogen-bond donors (Lipinski definition) is 1. The Hall–Kier alpha value is -2.27. The van der Waals surface area contributed by atoms with Gasteiger partial charge in [0.25, 0.3) is 0 Å². The van der Waals surface area contributed by atoms with E-state index in [1.54, 1.807) is 0 Å². The van der Waals surface area contributed by atoms with E-state index in [4.69, 9.17) is 5.26 Å². The van der Waals surface area contributed by atoms with Gasteiger partial charge in [-0.2, -0.15) is 5.26 Å². The summed E-state index contributed by atoms with van der Waals surface area (Å²) in [6.45, 7) is 6.23. The molecule has 0 radical (unpaired) electrons. The monoisotopic (exact) mass is 250 g/mol. The molecule has 0 aliphatic rings. The zero-order valence-electron chi connectivity index (χ0n) is 11.6. The molecule has 0 heterocycles. The second-order valence-corrected chi connectivity index (χ2v) is 4.86. The summed E-state index contributed by atoms with van der Waals surface area (Å²) in [5, 5.41) is 12.4. The number of rotatable bonds is 3. The maximum Gasteiger partial charge on any atom is 0.0994 e. The summed E-state index contributed by atoms with van der Waals surface area (Å²) in [4.78, 5) is 0. The van der Waals surface area contributed by atoms with Crippen molar-refractivity contribution in [1.82, 2.24) is 0 Å². The lowest BCUT2D eigenvalue weighted by molar-refractivity contribution is 0.874. The number of anilines is 1. The molecule has 0 amide bonds. The zero-order valence-corrected chi connectivity index (χ0v) is 11.6. The van der Waals surface area contributed by atoms with Gasteiger partial charge in [0.2, 0.25) is 0 Å². The van der Waals surface area contributed by atoms with Gasteiger partial charge in [-0.3, -0.25) is 0 Å². The van der Waals surface area contributed by atoms with E-state index in [1.165, 1.54) is 11.1 Å². The largest absolute Gasteiger partial charge is 0.379 e. The van der Waals surface area contributed by atoms with Crippen molar-refractivity contribution in [3.8, 4) is 6.07 Å². The Morgan fingerprint density at radius 3 is 2.42 bits per heavy atom. The fourth-order valence-corrected chi connectivity index (χ4v) is 2.28. The molecular weight excluding hydrogens is 232 g/mol. The van der Waals surface area contributed by atoms with Crippen molar-refractivity contribution in [3.05, 3.63) is 64.7 Å². The Morgan fingerprint density at radius 2 is 1.79 bits per heavy atom. The normalized spacial score (nSPS) is 11.7. The van der Waals surface area contributed by atoms with Crippen molar-refractivity contribution >= 4 is 5.69 Å². The minimum absolute atomic E-state index is 0.244. The van der Waals surface area contributed by atoms with E-state index in [9.17, 15) is 0 Å². The molecule has 0 aromatic heterocycles. The van der Waals surface area contributed by atoms with Gasteiger partial charge in [0, 0.05) is 11.7 Å². The van der Waals surface area contributed by atoms with Crippen LogP contribution in [0.4, 0.5) is 5.69 Å². The van der Waals surface area contributed by atoms with Gasteiger partial charge >= 0.3 is 0 Å². The molecule has 0 bridgehead atoms. The molecule has 2 nitrogen and oxygen atoms in total. The average molecular weight is 250 g/mol. The van der Waals surface area contributed by atoms with Gasteiger partial charge in [-0.25, -0.2) is 0 Å². The molecule has 2 aromatic carbocycles. The first-order valence-corrected chi connectivity index (χ1v) is 6.44. The SMILES string of the molecule is Cc1cc(NC(C)c2ccccc2C)ccc1C#N. The van der Waals surface area contributed by atoms with Gasteiger partial charge in [-0.05, 0) is 55.7 Å². The summed E-state index contributed by atoms with van der Waals surface area (Å²) in [6.07, 6.45) is 0. The molecule has 1 atom stereocenters. The highest BCUT2D eigenvalue weighted by atomic mass is 14.9. The van der Waals surface area contributed by atoms with Crippen molar-refractivity contribution in [1.29, 1.82) is 5.26 Å². The van der Waals surface area contributed by atoms with Crippen LogP contribution in [0.15, 0.2) is 42.5 Å². The van der Waals surface area contributed by atoms with Crippen LogP contribution in [0, 0.1) is 25.2 Å². The van der Waals surface area contributed by atoms with Crippen LogP contribution in [-0.4, -0.2) is 0 Å². The van der Waals surface area contributed by atoms with Crippen LogP contribution in [0.1, 0.15) is 35.2 Å². The molecule has 0 aliphatic heterocycles. The molecule has 0 aliphatic carbocycles. The Labute approximate surface area is 114 Å². The van der Waals surface area contributed by atoms with Gasteiger partial charge in [0.15, 0.2) is 0 Å². The fourth-order valence-electron chi connectivity index (χ4n) is 2.28. The van der Waals surface area contributed by atoms with Crippen LogP contribution in [0.25, 0.3) is 0 Å². The Kier molecular flexibility index (Phi) is 3.87. The van der Waals surface area contributed by atoms with E-state index >= 15 is 0 Å². The van der Waals surface area contributed by atoms with Crippen LogP contribution in [0.5, 0.6) is 0 Å². The average Bonchev–Trinajstić information content (AvgIpc) is 2.39. The number of benzene rings is 2. The summed E-state index contributed by atoms with van der Waals surface area (Å²) >= 11 is 0. The predicted molar refractivity (Wildman–Crippen MR) is 79.1 cm³/mol. The third kappa shape index (κ3) is 2.95. The summed E-state index contributed by atoms with van der Waals surface area (Å²) < 4.78 is 0. The van der Waals surface area contributed by atoms with Gasteiger partial charge < -0.3 is 5.32 Å². The molecule has 0 saturated heterocycles.